The summed E-state index contributed by atoms with van der Waals surface area (Å²) in [6.07, 6.45) is -5.19. The van der Waals surface area contributed by atoms with Crippen LogP contribution >= 0.6 is 0 Å². The van der Waals surface area contributed by atoms with Gasteiger partial charge in [-0.1, -0.05) is 0 Å². The van der Waals surface area contributed by atoms with Crippen LogP contribution in [0.1, 0.15) is 0 Å². The maximum Gasteiger partial charge on any atom is 1.00 e. The Morgan fingerprint density at radius 3 is 1.23 bits per heavy atom. The Kier molecular flexibility index (Phi) is 21.9. The summed E-state index contributed by atoms with van der Waals surface area (Å²) in [4.78, 5) is 17.0. The third kappa shape index (κ3) is 31.6. The van der Waals surface area contributed by atoms with Crippen LogP contribution in [-0.2, 0) is 4.79 Å². The van der Waals surface area contributed by atoms with E-state index in [1.165, 1.54) is 0 Å². The second-order valence-electron chi connectivity index (χ2n) is 1.01. The number of aliphatic carboxylic acids is 1. The summed E-state index contributed by atoms with van der Waals surface area (Å²) in [5, 5.41) is 23.5. The molecule has 0 saturated heterocycles. The molecule has 0 aliphatic heterocycles. The van der Waals surface area contributed by atoms with Gasteiger partial charge in [-0.25, -0.2) is 0 Å². The van der Waals surface area contributed by atoms with Gasteiger partial charge in [0.15, 0.2) is 0 Å². The summed E-state index contributed by atoms with van der Waals surface area (Å²) in [6.45, 7) is 0. The monoisotopic (exact) mass is 253 g/mol. The molecule has 0 aliphatic rings. The molecule has 0 fully saturated rings. The topological polar surface area (TPSA) is 106 Å². The molecule has 66 valence electrons. The van der Waals surface area contributed by atoms with E-state index in [9.17, 15) is 13.2 Å². The van der Waals surface area contributed by atoms with E-state index in [-0.39, 0.29) is 103 Å². The third-order valence-electron chi connectivity index (χ3n) is 0.231. The molecule has 0 rings (SSSR count). The van der Waals surface area contributed by atoms with Gasteiger partial charge < -0.3 is 25.2 Å². The Hall–Kier alpha value is 1.73. The van der Waals surface area contributed by atoms with E-state index in [0.29, 0.717) is 0 Å². The quantitative estimate of drug-likeness (QED) is 0.242. The molecule has 0 saturated carbocycles. The number of carbonyl (C=O) groups is 1. The van der Waals surface area contributed by atoms with Crippen molar-refractivity contribution in [1.29, 1.82) is 0 Å². The zero-order valence-corrected chi connectivity index (χ0v) is 12.9. The summed E-state index contributed by atoms with van der Waals surface area (Å²) in [5.74, 6) is -3.01. The van der Waals surface area contributed by atoms with Crippen LogP contribution in [0.15, 0.2) is 0 Å². The van der Waals surface area contributed by atoms with Crippen LogP contribution < -0.4 is 108 Å². The number of carboxylic acids is 1. The van der Waals surface area contributed by atoms with Crippen molar-refractivity contribution in [1.82, 2.24) is 0 Å². The first-order valence-electron chi connectivity index (χ1n) is 1.77. The molecule has 0 atom stereocenters. The van der Waals surface area contributed by atoms with E-state index in [1.54, 1.807) is 0 Å². The summed E-state index contributed by atoms with van der Waals surface area (Å²) in [6, 6.07) is 0. The van der Waals surface area contributed by atoms with E-state index >= 15 is 0 Å². The molecule has 0 unspecified atom stereocenters. The van der Waals surface area contributed by atoms with Gasteiger partial charge in [-0.2, -0.15) is 13.2 Å². The minimum Gasteiger partial charge on any atom is -0.542 e. The maximum atomic E-state index is 10.5. The molecule has 0 spiro atoms. The Morgan fingerprint density at radius 2 is 1.23 bits per heavy atom. The fourth-order valence-electron chi connectivity index (χ4n) is 0. The van der Waals surface area contributed by atoms with Crippen molar-refractivity contribution in [3.8, 4) is 0 Å². The zero-order valence-electron chi connectivity index (χ0n) is 6.62. The molecular formula is C2F3K2NO5. The second-order valence-corrected chi connectivity index (χ2v) is 1.01. The van der Waals surface area contributed by atoms with Gasteiger partial charge in [-0.15, -0.1) is 0 Å². The molecule has 11 heteroatoms. The van der Waals surface area contributed by atoms with E-state index in [1.807, 2.05) is 0 Å². The Labute approximate surface area is 155 Å². The zero-order chi connectivity index (χ0) is 9.65. The van der Waals surface area contributed by atoms with Crippen molar-refractivity contribution >= 4 is 5.97 Å². The van der Waals surface area contributed by atoms with Crippen LogP contribution in [0.2, 0.25) is 0 Å². The molecule has 0 aromatic heterocycles. The largest absolute Gasteiger partial charge is 1.00 e. The minimum absolute atomic E-state index is 0. The van der Waals surface area contributed by atoms with E-state index < -0.39 is 17.2 Å². The summed E-state index contributed by atoms with van der Waals surface area (Å²) >= 11 is 0. The van der Waals surface area contributed by atoms with Gasteiger partial charge in [-0.3, -0.25) is 0 Å². The van der Waals surface area contributed by atoms with Crippen molar-refractivity contribution in [3.63, 3.8) is 0 Å². The molecular weight excluding hydrogens is 253 g/mol. The van der Waals surface area contributed by atoms with Crippen LogP contribution in [0.4, 0.5) is 13.2 Å². The number of halogens is 3. The van der Waals surface area contributed by atoms with E-state index in [4.69, 9.17) is 25.2 Å². The molecule has 0 radical (unpaired) electrons. The number of alkyl halides is 3. The van der Waals surface area contributed by atoms with E-state index in [2.05, 4.69) is 0 Å². The third-order valence-corrected chi connectivity index (χ3v) is 0.231. The maximum absolute atomic E-state index is 10.5. The van der Waals surface area contributed by atoms with Crippen molar-refractivity contribution in [2.24, 2.45) is 0 Å². The van der Waals surface area contributed by atoms with Gasteiger partial charge >= 0.3 is 109 Å². The van der Waals surface area contributed by atoms with Crippen LogP contribution in [0.5, 0.6) is 0 Å². The molecule has 0 amide bonds. The predicted octanol–water partition coefficient (Wildman–Crippen LogP) is -6.93. The first kappa shape index (κ1) is 24.1. The predicted molar refractivity (Wildman–Crippen MR) is 21.4 cm³/mol. The number of nitrogens with zero attached hydrogens (tertiary/aromatic N) is 1. The van der Waals surface area contributed by atoms with Gasteiger partial charge in [0.05, 0.1) is 5.09 Å². The standard InChI is InChI=1S/C2HF3O2.2K.NO3/c3-2(4,5)1(6)7;;;2-1(3)4/h(H,6,7);;;/q;2*+1;-1/p-1. The molecule has 0 bridgehead atoms. The SMILES string of the molecule is O=C([O-])C(F)(F)F.O=[N+]([O-])[O-].[K+].[K+]. The number of hydrogen-bond acceptors (Lipinski definition) is 5. The first-order valence-corrected chi connectivity index (χ1v) is 1.77. The summed E-state index contributed by atoms with van der Waals surface area (Å²) < 4.78 is 31.5. The second kappa shape index (κ2) is 11.8. The minimum atomic E-state index is -5.19. The van der Waals surface area contributed by atoms with E-state index in [0.717, 1.165) is 0 Å². The van der Waals surface area contributed by atoms with Gasteiger partial charge in [0.25, 0.3) is 0 Å². The Morgan fingerprint density at radius 1 is 1.15 bits per heavy atom. The number of carbonyl (C=O) groups excluding carboxylic acids is 1. The Bertz CT molecular complexity index is 156. The van der Waals surface area contributed by atoms with Gasteiger partial charge in [0.2, 0.25) is 0 Å². The first-order chi connectivity index (χ1) is 4.68. The molecule has 0 aromatic rings. The summed E-state index contributed by atoms with van der Waals surface area (Å²) in [5.41, 5.74) is 0. The molecule has 0 heterocycles. The number of rotatable bonds is 0. The van der Waals surface area contributed by atoms with Crippen LogP contribution in [0.3, 0.4) is 0 Å². The van der Waals surface area contributed by atoms with Crippen molar-refractivity contribution in [2.45, 2.75) is 6.18 Å². The van der Waals surface area contributed by atoms with Crippen LogP contribution in [-0.4, -0.2) is 17.2 Å². The van der Waals surface area contributed by atoms with Gasteiger partial charge in [0.1, 0.15) is 5.97 Å². The number of carboxylic acid groups (broad SMARTS) is 1. The van der Waals surface area contributed by atoms with Crippen LogP contribution in [0.25, 0.3) is 0 Å². The number of hydrogen-bond donors (Lipinski definition) is 0. The van der Waals surface area contributed by atoms with Gasteiger partial charge in [-0.05, 0) is 0 Å². The Balaban J connectivity index is -0.0000000600. The average molecular weight is 253 g/mol. The molecule has 0 aliphatic carbocycles. The molecule has 0 aromatic carbocycles. The average Bonchev–Trinajstić information content (AvgIpc) is 1.59. The normalized spacial score (nSPS) is 7.92. The van der Waals surface area contributed by atoms with Gasteiger partial charge in [0, 0.05) is 0 Å². The molecule has 13 heavy (non-hydrogen) atoms. The molecule has 0 N–H and O–H groups in total. The fourth-order valence-corrected chi connectivity index (χ4v) is 0. The fraction of sp³-hybridized carbons (Fsp3) is 0.500. The smallest absolute Gasteiger partial charge is 0.542 e. The summed E-state index contributed by atoms with van der Waals surface area (Å²) in [7, 11) is 0. The molecule has 6 nitrogen and oxygen atoms in total. The van der Waals surface area contributed by atoms with Crippen molar-refractivity contribution < 1.29 is 131 Å². The van der Waals surface area contributed by atoms with Crippen LogP contribution in [0, 0.1) is 15.3 Å². The van der Waals surface area contributed by atoms with Crippen molar-refractivity contribution in [3.05, 3.63) is 15.3 Å². The van der Waals surface area contributed by atoms with Crippen molar-refractivity contribution in [2.75, 3.05) is 0 Å².